The van der Waals surface area contributed by atoms with Gasteiger partial charge in [-0.15, -0.1) is 0 Å². The van der Waals surface area contributed by atoms with E-state index in [2.05, 4.69) is 6.58 Å². The summed E-state index contributed by atoms with van der Waals surface area (Å²) in [5, 5.41) is 19.5. The normalized spacial score (nSPS) is 14.4. The molecule has 13 heteroatoms. The molecule has 0 heterocycles. The van der Waals surface area contributed by atoms with Gasteiger partial charge in [0.2, 0.25) is 0 Å². The van der Waals surface area contributed by atoms with Gasteiger partial charge in [0.25, 0.3) is 0 Å². The first-order valence-corrected chi connectivity index (χ1v) is 24.6. The van der Waals surface area contributed by atoms with Crippen molar-refractivity contribution in [1.29, 1.82) is 0 Å². The quantitative estimate of drug-likeness (QED) is 0.147. The predicted octanol–water partition coefficient (Wildman–Crippen LogP) is 4.28. The Kier molecular flexibility index (Phi) is 13.7. The van der Waals surface area contributed by atoms with Crippen molar-refractivity contribution in [3.8, 4) is 0 Å². The zero-order valence-corrected chi connectivity index (χ0v) is 28.3. The summed E-state index contributed by atoms with van der Waals surface area (Å²) < 4.78 is 31.0. The number of aliphatic hydroxyl groups excluding tert-OH is 2. The highest BCUT2D eigenvalue weighted by molar-refractivity contribution is 6.92. The average Bonchev–Trinajstić information content (AvgIpc) is 2.69. The van der Waals surface area contributed by atoms with Gasteiger partial charge >= 0.3 is 20.7 Å². The third-order valence-corrected chi connectivity index (χ3v) is 17.0. The van der Waals surface area contributed by atoms with Crippen LogP contribution in [0.2, 0.25) is 64.5 Å². The number of ether oxygens (including phenoxy) is 2. The lowest BCUT2D eigenvalue weighted by Gasteiger charge is -2.45. The van der Waals surface area contributed by atoms with Crippen molar-refractivity contribution in [2.24, 2.45) is 5.41 Å². The van der Waals surface area contributed by atoms with E-state index in [1.807, 2.05) is 65.8 Å². The topological polar surface area (TPSA) is 121 Å². The van der Waals surface area contributed by atoms with Gasteiger partial charge in [0, 0.05) is 5.57 Å². The van der Waals surface area contributed by atoms with Gasteiger partial charge in [-0.25, -0.2) is 4.79 Å². The van der Waals surface area contributed by atoms with Gasteiger partial charge in [0.15, 0.2) is 30.5 Å². The van der Waals surface area contributed by atoms with Crippen LogP contribution in [0, 0.1) is 5.41 Å². The van der Waals surface area contributed by atoms with Crippen LogP contribution in [0.25, 0.3) is 0 Å². The molecule has 2 N–H and O–H groups in total. The second-order valence-electron chi connectivity index (χ2n) is 12.1. The van der Waals surface area contributed by atoms with Crippen molar-refractivity contribution in [2.75, 3.05) is 26.4 Å². The monoisotopic (exact) mass is 582 g/mol. The second-order valence-corrected chi connectivity index (χ2v) is 29.0. The van der Waals surface area contributed by atoms with Gasteiger partial charge in [-0.3, -0.25) is 4.79 Å². The molecule has 1 unspecified atom stereocenters. The van der Waals surface area contributed by atoms with Gasteiger partial charge in [0.1, 0.15) is 6.61 Å². The molecule has 0 aromatic rings. The Labute approximate surface area is 222 Å². The van der Waals surface area contributed by atoms with Crippen molar-refractivity contribution in [3.63, 3.8) is 0 Å². The summed E-state index contributed by atoms with van der Waals surface area (Å²) in [5.74, 6) is -1.53. The Morgan fingerprint density at radius 3 is 1.53 bits per heavy atom. The van der Waals surface area contributed by atoms with E-state index in [1.54, 1.807) is 6.92 Å². The maximum Gasteiger partial charge on any atom is 0.489 e. The molecule has 0 saturated heterocycles. The summed E-state index contributed by atoms with van der Waals surface area (Å²) in [7, 11) is -11.1. The molecule has 0 aromatic carbocycles. The minimum Gasteiger partial charge on any atom is -0.465 e. The molecule has 0 aliphatic heterocycles. The average molecular weight is 583 g/mol. The fourth-order valence-electron chi connectivity index (χ4n) is 3.20. The highest BCUT2D eigenvalue weighted by Crippen LogP contribution is 2.40. The SMILES string of the molecule is C=C(C(=O)OCC(CC)(CO)CO)C(C(=O)OCCC)[Si](O[Si](C)(C)C)(O[Si](C)(C)C)O[Si](C)(C)C. The first-order chi connectivity index (χ1) is 16.2. The van der Waals surface area contributed by atoms with Crippen LogP contribution in [0.5, 0.6) is 0 Å². The summed E-state index contributed by atoms with van der Waals surface area (Å²) in [5.41, 5.74) is -2.47. The van der Waals surface area contributed by atoms with Crippen LogP contribution >= 0.6 is 0 Å². The standard InChI is InChI=1S/C23H50O9Si4/c1-13-15-28-22(27)20(19(3)21(26)29-18-23(14-2,16-24)17-25)36(30-33(4,5)6,31-34(7,8)9)32-35(10,11)12/h20,24-25H,3,13-18H2,1-2,4-12H3. The maximum atomic E-state index is 13.6. The van der Waals surface area contributed by atoms with Crippen LogP contribution in [0.3, 0.4) is 0 Å². The van der Waals surface area contributed by atoms with E-state index in [9.17, 15) is 19.8 Å². The Morgan fingerprint density at radius 2 is 1.22 bits per heavy atom. The summed E-state index contributed by atoms with van der Waals surface area (Å²) in [6.45, 7) is 24.6. The number of esters is 2. The summed E-state index contributed by atoms with van der Waals surface area (Å²) in [6, 6.07) is 0. The Balaban J connectivity index is 6.79. The molecule has 0 aliphatic rings. The molecule has 0 bridgehead atoms. The van der Waals surface area contributed by atoms with Crippen molar-refractivity contribution in [2.45, 2.75) is 91.2 Å². The molecule has 0 saturated carbocycles. The van der Waals surface area contributed by atoms with E-state index < -0.39 is 56.7 Å². The Morgan fingerprint density at radius 1 is 0.806 bits per heavy atom. The van der Waals surface area contributed by atoms with E-state index in [-0.39, 0.29) is 32.0 Å². The molecule has 36 heavy (non-hydrogen) atoms. The van der Waals surface area contributed by atoms with Gasteiger partial charge < -0.3 is 32.0 Å². The molecule has 0 aliphatic carbocycles. The van der Waals surface area contributed by atoms with Crippen LogP contribution < -0.4 is 0 Å². The van der Waals surface area contributed by atoms with Crippen LogP contribution in [0.1, 0.15) is 26.7 Å². The summed E-state index contributed by atoms with van der Waals surface area (Å²) >= 11 is 0. The third-order valence-electron chi connectivity index (χ3n) is 4.92. The lowest BCUT2D eigenvalue weighted by atomic mass is 9.88. The van der Waals surface area contributed by atoms with Crippen molar-refractivity contribution >= 4 is 45.7 Å². The van der Waals surface area contributed by atoms with Crippen LogP contribution in [0.15, 0.2) is 12.2 Å². The van der Waals surface area contributed by atoms with Crippen molar-refractivity contribution < 1.29 is 41.6 Å². The number of hydrogen-bond donors (Lipinski definition) is 2. The molecule has 9 nitrogen and oxygen atoms in total. The number of aliphatic hydroxyl groups is 2. The highest BCUT2D eigenvalue weighted by Gasteiger charge is 2.61. The third kappa shape index (κ3) is 11.8. The second kappa shape index (κ2) is 13.9. The molecule has 0 fully saturated rings. The highest BCUT2D eigenvalue weighted by atomic mass is 28.5. The molecule has 212 valence electrons. The van der Waals surface area contributed by atoms with E-state index in [1.165, 1.54) is 0 Å². The van der Waals surface area contributed by atoms with Crippen LogP contribution in [-0.2, 0) is 31.4 Å². The van der Waals surface area contributed by atoms with Gasteiger partial charge in [-0.2, -0.15) is 0 Å². The lowest BCUT2D eigenvalue weighted by Crippen LogP contribution is -2.65. The molecular weight excluding hydrogens is 533 g/mol. The molecule has 0 amide bonds. The Bertz CT molecular complexity index is 686. The maximum absolute atomic E-state index is 13.6. The summed E-state index contributed by atoms with van der Waals surface area (Å²) in [4.78, 5) is 26.9. The van der Waals surface area contributed by atoms with E-state index in [4.69, 9.17) is 21.8 Å². The number of carbonyl (C=O) groups is 2. The number of hydrogen-bond acceptors (Lipinski definition) is 9. The van der Waals surface area contributed by atoms with E-state index in [0.29, 0.717) is 12.8 Å². The Hall–Kier alpha value is -0.652. The van der Waals surface area contributed by atoms with E-state index in [0.717, 1.165) is 0 Å². The molecule has 0 spiro atoms. The first-order valence-electron chi connectivity index (χ1n) is 12.5. The van der Waals surface area contributed by atoms with Crippen LogP contribution in [0.4, 0.5) is 0 Å². The minimum absolute atomic E-state index is 0.156. The number of carbonyl (C=O) groups excluding carboxylic acids is 2. The summed E-state index contributed by atoms with van der Waals surface area (Å²) in [6.07, 6.45) is 0.977. The van der Waals surface area contributed by atoms with Crippen LogP contribution in [-0.4, -0.2) is 82.3 Å². The van der Waals surface area contributed by atoms with Crippen molar-refractivity contribution in [3.05, 3.63) is 12.2 Å². The zero-order valence-electron chi connectivity index (χ0n) is 24.3. The molecular formula is C23H50O9Si4. The fourth-order valence-corrected chi connectivity index (χ4v) is 17.4. The fraction of sp³-hybridized carbons (Fsp3) is 0.826. The van der Waals surface area contributed by atoms with E-state index >= 15 is 0 Å². The molecule has 0 rings (SSSR count). The lowest BCUT2D eigenvalue weighted by molar-refractivity contribution is -0.150. The van der Waals surface area contributed by atoms with Crippen molar-refractivity contribution in [1.82, 2.24) is 0 Å². The molecule has 0 aromatic heterocycles. The van der Waals surface area contributed by atoms with Gasteiger partial charge in [0.05, 0.1) is 25.2 Å². The number of rotatable bonds is 17. The zero-order chi connectivity index (χ0) is 28.6. The van der Waals surface area contributed by atoms with Gasteiger partial charge in [-0.1, -0.05) is 20.4 Å². The molecule has 1 atom stereocenters. The molecule has 0 radical (unpaired) electrons. The smallest absolute Gasteiger partial charge is 0.465 e. The largest absolute Gasteiger partial charge is 0.489 e. The predicted molar refractivity (Wildman–Crippen MR) is 151 cm³/mol. The van der Waals surface area contributed by atoms with Gasteiger partial charge in [-0.05, 0) is 71.8 Å². The first kappa shape index (κ1) is 35.3. The minimum atomic E-state index is -3.96.